The van der Waals surface area contributed by atoms with Gasteiger partial charge in [0.2, 0.25) is 11.8 Å². The van der Waals surface area contributed by atoms with Crippen molar-refractivity contribution in [3.8, 4) is 11.5 Å². The molecule has 2 heterocycles. The summed E-state index contributed by atoms with van der Waals surface area (Å²) in [5, 5.41) is 13.4. The van der Waals surface area contributed by atoms with Gasteiger partial charge in [-0.25, -0.2) is 9.29 Å². The second kappa shape index (κ2) is 8.28. The zero-order valence-corrected chi connectivity index (χ0v) is 21.4. The highest BCUT2D eigenvalue weighted by Gasteiger charge is 2.77. The fourth-order valence-electron chi connectivity index (χ4n) is 6.63. The van der Waals surface area contributed by atoms with Crippen molar-refractivity contribution < 1.29 is 33.4 Å². The van der Waals surface area contributed by atoms with Crippen LogP contribution in [0, 0.1) is 23.6 Å². The van der Waals surface area contributed by atoms with Gasteiger partial charge in [0.1, 0.15) is 17.3 Å². The van der Waals surface area contributed by atoms with E-state index >= 15 is 0 Å². The van der Waals surface area contributed by atoms with Crippen molar-refractivity contribution in [3.63, 3.8) is 0 Å². The molecule has 2 aliphatic carbocycles. The highest BCUT2D eigenvalue weighted by atomic mass is 35.5. The summed E-state index contributed by atoms with van der Waals surface area (Å²) in [7, 11) is 1.38. The van der Waals surface area contributed by atoms with Gasteiger partial charge < -0.3 is 9.84 Å². The molecule has 4 aliphatic rings. The maximum Gasteiger partial charge on any atom is 0.258 e. The van der Waals surface area contributed by atoms with Gasteiger partial charge in [0.25, 0.3) is 11.8 Å². The van der Waals surface area contributed by atoms with Crippen molar-refractivity contribution in [1.29, 1.82) is 0 Å². The number of fused-ring (bicyclic) bond motifs is 4. The normalized spacial score (nSPS) is 33.9. The van der Waals surface area contributed by atoms with Gasteiger partial charge in [-0.2, -0.15) is 0 Å². The Morgan fingerprint density at radius 2 is 1.74 bits per heavy atom. The first-order valence-electron chi connectivity index (χ1n) is 12.0. The predicted octanol–water partition coefficient (Wildman–Crippen LogP) is 3.39. The Kier molecular flexibility index (Phi) is 5.42. The van der Waals surface area contributed by atoms with Crippen LogP contribution in [-0.4, -0.2) is 45.6 Å². The number of phenols is 1. The van der Waals surface area contributed by atoms with E-state index in [-0.39, 0.29) is 35.6 Å². The number of imide groups is 2. The molecule has 4 amide bonds. The standard InChI is InChI=1S/C27H21Cl2FN2O6/c1-38-18-4-2-3-17(33)20(18)21-14-9-10-15-19(23(35)31-22(15)34)16(14)11-26(28)24(36)32(25(37)27(21,26)29)13-7-5-12(30)6-8-13/h2-9,15-16,19,21,33H,10-11H2,1H3,(H,31,34,35)/t15-,16+,19-,21+,26+,27-/m0/s1. The number of anilines is 1. The van der Waals surface area contributed by atoms with E-state index in [2.05, 4.69) is 5.32 Å². The van der Waals surface area contributed by atoms with Gasteiger partial charge in [0, 0.05) is 11.5 Å². The number of carbonyl (C=O) groups excluding carboxylic acids is 4. The summed E-state index contributed by atoms with van der Waals surface area (Å²) < 4.78 is 19.2. The molecule has 0 aromatic heterocycles. The molecule has 6 atom stereocenters. The number of amides is 4. The first kappa shape index (κ1) is 24.9. The molecule has 2 aromatic rings. The Bertz CT molecular complexity index is 1460. The van der Waals surface area contributed by atoms with Crippen molar-refractivity contribution in [1.82, 2.24) is 5.32 Å². The van der Waals surface area contributed by atoms with Crippen molar-refractivity contribution in [2.45, 2.75) is 28.5 Å². The van der Waals surface area contributed by atoms with E-state index in [9.17, 15) is 28.7 Å². The number of hydrogen-bond donors (Lipinski definition) is 2. The number of aromatic hydroxyl groups is 1. The van der Waals surface area contributed by atoms with Gasteiger partial charge in [-0.05, 0) is 55.2 Å². The molecule has 2 aliphatic heterocycles. The third-order valence-electron chi connectivity index (χ3n) is 8.29. The van der Waals surface area contributed by atoms with Crippen LogP contribution < -0.4 is 15.0 Å². The second-order valence-corrected chi connectivity index (χ2v) is 11.2. The molecular formula is C27H21Cl2FN2O6. The SMILES string of the molecule is COc1cccc(O)c1[C@H]1C2=CC[C@@H]3C(=O)NC(=O)[C@@H]3[C@@H]2C[C@@]2(Cl)C(=O)N(c3ccc(F)cc3)C(=O)[C@@]12Cl. The van der Waals surface area contributed by atoms with E-state index in [0.29, 0.717) is 5.57 Å². The molecule has 0 spiro atoms. The van der Waals surface area contributed by atoms with Crippen LogP contribution in [0.3, 0.4) is 0 Å². The van der Waals surface area contributed by atoms with Crippen molar-refractivity contribution in [2.75, 3.05) is 12.0 Å². The lowest BCUT2D eigenvalue weighted by molar-refractivity contribution is -0.127. The van der Waals surface area contributed by atoms with Gasteiger partial charge in [-0.1, -0.05) is 17.7 Å². The highest BCUT2D eigenvalue weighted by molar-refractivity contribution is 6.58. The molecule has 11 heteroatoms. The number of phenolic OH excluding ortho intramolecular Hbond substituents is 1. The molecule has 38 heavy (non-hydrogen) atoms. The predicted molar refractivity (Wildman–Crippen MR) is 134 cm³/mol. The molecule has 196 valence electrons. The zero-order chi connectivity index (χ0) is 27.1. The average molecular weight is 559 g/mol. The smallest absolute Gasteiger partial charge is 0.258 e. The Labute approximate surface area is 226 Å². The number of rotatable bonds is 3. The molecule has 0 radical (unpaired) electrons. The molecule has 8 nitrogen and oxygen atoms in total. The van der Waals surface area contributed by atoms with E-state index in [1.165, 1.54) is 25.3 Å². The van der Waals surface area contributed by atoms with E-state index < -0.39 is 62.9 Å². The third kappa shape index (κ3) is 3.03. The number of nitrogens with zero attached hydrogens (tertiary/aromatic N) is 1. The summed E-state index contributed by atoms with van der Waals surface area (Å²) in [4.78, 5) is 50.2. The maximum absolute atomic E-state index is 14.2. The Hall–Kier alpha value is -3.43. The highest BCUT2D eigenvalue weighted by Crippen LogP contribution is 2.66. The van der Waals surface area contributed by atoms with Crippen molar-refractivity contribution in [2.24, 2.45) is 17.8 Å². The van der Waals surface area contributed by atoms with Gasteiger partial charge >= 0.3 is 0 Å². The molecule has 2 saturated heterocycles. The molecule has 0 bridgehead atoms. The number of hydrogen-bond acceptors (Lipinski definition) is 6. The molecule has 1 saturated carbocycles. The summed E-state index contributed by atoms with van der Waals surface area (Å²) >= 11 is 14.4. The van der Waals surface area contributed by atoms with Crippen LogP contribution in [0.5, 0.6) is 11.5 Å². The average Bonchev–Trinajstić information content (AvgIpc) is 3.26. The first-order chi connectivity index (χ1) is 18.0. The van der Waals surface area contributed by atoms with Gasteiger partial charge in [0.15, 0.2) is 9.75 Å². The minimum Gasteiger partial charge on any atom is -0.508 e. The fraction of sp³-hybridized carbons (Fsp3) is 0.333. The fourth-order valence-corrected chi connectivity index (χ4v) is 7.55. The molecule has 2 aromatic carbocycles. The Balaban J connectivity index is 1.62. The number of allylic oxidation sites excluding steroid dienone is 2. The largest absolute Gasteiger partial charge is 0.508 e. The van der Waals surface area contributed by atoms with E-state index in [4.69, 9.17) is 27.9 Å². The third-order valence-corrected chi connectivity index (χ3v) is 9.70. The summed E-state index contributed by atoms with van der Waals surface area (Å²) in [6.45, 7) is 0. The molecule has 0 unspecified atom stereocenters. The minimum atomic E-state index is -2.15. The van der Waals surface area contributed by atoms with Gasteiger partial charge in [-0.15, -0.1) is 23.2 Å². The van der Waals surface area contributed by atoms with Crippen LogP contribution in [0.2, 0.25) is 0 Å². The summed E-state index contributed by atoms with van der Waals surface area (Å²) in [5.74, 6) is -6.63. The van der Waals surface area contributed by atoms with Crippen LogP contribution in [0.1, 0.15) is 24.3 Å². The number of benzene rings is 2. The second-order valence-electron chi connectivity index (χ2n) is 10.00. The summed E-state index contributed by atoms with van der Waals surface area (Å²) in [6.07, 6.45) is 1.74. The van der Waals surface area contributed by atoms with Crippen molar-refractivity contribution in [3.05, 3.63) is 65.5 Å². The molecule has 3 fully saturated rings. The van der Waals surface area contributed by atoms with E-state index in [1.54, 1.807) is 18.2 Å². The lowest BCUT2D eigenvalue weighted by atomic mass is 9.56. The van der Waals surface area contributed by atoms with Crippen LogP contribution in [0.25, 0.3) is 0 Å². The monoisotopic (exact) mass is 558 g/mol. The quantitative estimate of drug-likeness (QED) is 0.339. The number of methoxy groups -OCH3 is 1. The van der Waals surface area contributed by atoms with Crippen molar-refractivity contribution >= 4 is 52.5 Å². The van der Waals surface area contributed by atoms with Crippen LogP contribution in [0.15, 0.2) is 54.1 Å². The van der Waals surface area contributed by atoms with E-state index in [0.717, 1.165) is 17.0 Å². The number of carbonyl (C=O) groups is 4. The molecule has 2 N–H and O–H groups in total. The summed E-state index contributed by atoms with van der Waals surface area (Å²) in [5.41, 5.74) is 0.725. The van der Waals surface area contributed by atoms with Crippen LogP contribution in [-0.2, 0) is 19.2 Å². The van der Waals surface area contributed by atoms with Crippen LogP contribution in [0.4, 0.5) is 10.1 Å². The number of nitrogens with one attached hydrogen (secondary N) is 1. The number of halogens is 3. The van der Waals surface area contributed by atoms with E-state index in [1.807, 2.05) is 0 Å². The Morgan fingerprint density at radius 3 is 2.42 bits per heavy atom. The van der Waals surface area contributed by atoms with Gasteiger partial charge in [0.05, 0.1) is 24.6 Å². The zero-order valence-electron chi connectivity index (χ0n) is 19.9. The molecule has 6 rings (SSSR count). The number of ether oxygens (including phenoxy) is 1. The first-order valence-corrected chi connectivity index (χ1v) is 12.7. The lowest BCUT2D eigenvalue weighted by Gasteiger charge is -2.50. The maximum atomic E-state index is 14.2. The minimum absolute atomic E-state index is 0.0717. The topological polar surface area (TPSA) is 113 Å². The van der Waals surface area contributed by atoms with Gasteiger partial charge in [-0.3, -0.25) is 24.5 Å². The summed E-state index contributed by atoms with van der Waals surface area (Å²) in [6, 6.07) is 9.26. The lowest BCUT2D eigenvalue weighted by Crippen LogP contribution is -2.60. The Morgan fingerprint density at radius 1 is 1.03 bits per heavy atom. The van der Waals surface area contributed by atoms with Crippen LogP contribution >= 0.6 is 23.2 Å². The number of alkyl halides is 2. The molecular weight excluding hydrogens is 538 g/mol.